The Labute approximate surface area is 323 Å². The molecule has 3 aliphatic carbocycles. The van der Waals surface area contributed by atoms with Crippen LogP contribution in [0.1, 0.15) is 71.6 Å². The summed E-state index contributed by atoms with van der Waals surface area (Å²) in [5.41, 5.74) is 1.18. The first-order chi connectivity index (χ1) is 26.3. The molecule has 7 rings (SSSR count). The van der Waals surface area contributed by atoms with Crippen LogP contribution in [-0.2, 0) is 28.9 Å². The van der Waals surface area contributed by atoms with E-state index in [0.717, 1.165) is 16.7 Å². The molecular weight excluding hydrogens is 711 g/mol. The van der Waals surface area contributed by atoms with Crippen LogP contribution in [0.5, 0.6) is 11.6 Å². The number of aromatic nitrogens is 2. The van der Waals surface area contributed by atoms with Gasteiger partial charge in [0.05, 0.1) is 17.8 Å². The van der Waals surface area contributed by atoms with Crippen LogP contribution in [0.3, 0.4) is 0 Å². The lowest BCUT2D eigenvalue weighted by Crippen LogP contribution is -2.68. The number of hydrogen-bond donors (Lipinski definition) is 1. The lowest BCUT2D eigenvalue weighted by Gasteiger charge is -2.55. The molecule has 0 saturated heterocycles. The Morgan fingerprint density at radius 3 is 2.15 bits per heavy atom. The summed E-state index contributed by atoms with van der Waals surface area (Å²) in [5, 5.41) is 16.3. The van der Waals surface area contributed by atoms with E-state index in [0.29, 0.717) is 43.0 Å². The Morgan fingerprint density at radius 1 is 0.927 bits per heavy atom. The average molecular weight is 760 g/mol. The second-order valence-corrected chi connectivity index (χ2v) is 20.9. The van der Waals surface area contributed by atoms with Crippen molar-refractivity contribution in [3.8, 4) is 11.6 Å². The SMILES string of the molecule is C=CCN(CC=C)[C@@H]1c2onc(OCc3ccccc3)c2C(=O)C2(O[Si](C)(C)C(C)(C)C)C(=O)C3=C(O)c4c(cncc4OCc4ccccc4)C[C@H]3C[C@@H]12. The van der Waals surface area contributed by atoms with Gasteiger partial charge in [-0.05, 0) is 58.7 Å². The highest BCUT2D eigenvalue weighted by Crippen LogP contribution is 2.59. The summed E-state index contributed by atoms with van der Waals surface area (Å²) < 4.78 is 25.9. The monoisotopic (exact) mass is 759 g/mol. The highest BCUT2D eigenvalue weighted by atomic mass is 28.4. The summed E-state index contributed by atoms with van der Waals surface area (Å²) in [6, 6.07) is 18.6. The molecule has 1 fully saturated rings. The molecular formula is C44H49N3O7Si. The van der Waals surface area contributed by atoms with Crippen molar-refractivity contribution in [2.75, 3.05) is 13.1 Å². The van der Waals surface area contributed by atoms with E-state index in [-0.39, 0.29) is 41.0 Å². The Bertz CT molecular complexity index is 2130. The van der Waals surface area contributed by atoms with Crippen LogP contribution >= 0.6 is 0 Å². The molecule has 55 heavy (non-hydrogen) atoms. The molecule has 1 N–H and O–H groups in total. The van der Waals surface area contributed by atoms with Crippen LogP contribution in [0, 0.1) is 11.8 Å². The van der Waals surface area contributed by atoms with E-state index < -0.39 is 43.4 Å². The fourth-order valence-corrected chi connectivity index (χ4v) is 9.52. The molecule has 2 heterocycles. The van der Waals surface area contributed by atoms with Crippen molar-refractivity contribution < 1.29 is 33.1 Å². The average Bonchev–Trinajstić information content (AvgIpc) is 3.58. The van der Waals surface area contributed by atoms with Crippen molar-refractivity contribution in [3.05, 3.63) is 138 Å². The quantitative estimate of drug-likeness (QED) is 0.0805. The van der Waals surface area contributed by atoms with Crippen LogP contribution in [-0.4, -0.2) is 58.7 Å². The third kappa shape index (κ3) is 6.68. The highest BCUT2D eigenvalue weighted by molar-refractivity contribution is 6.74. The minimum atomic E-state index is -2.93. The number of aliphatic hydroxyl groups is 1. The zero-order chi connectivity index (χ0) is 39.1. The molecule has 10 nitrogen and oxygen atoms in total. The smallest absolute Gasteiger partial charge is 0.265 e. The van der Waals surface area contributed by atoms with Gasteiger partial charge in [0.15, 0.2) is 19.7 Å². The maximum absolute atomic E-state index is 15.8. The lowest BCUT2D eigenvalue weighted by molar-refractivity contribution is -0.141. The number of hydrogen-bond acceptors (Lipinski definition) is 10. The van der Waals surface area contributed by atoms with Crippen LogP contribution in [0.4, 0.5) is 0 Å². The first-order valence-electron chi connectivity index (χ1n) is 18.8. The number of pyridine rings is 1. The molecule has 0 amide bonds. The number of ketones is 2. The molecule has 2 aromatic carbocycles. The second kappa shape index (κ2) is 14.9. The molecule has 286 valence electrons. The molecule has 0 bridgehead atoms. The van der Waals surface area contributed by atoms with E-state index in [1.54, 1.807) is 24.5 Å². The summed E-state index contributed by atoms with van der Waals surface area (Å²) in [7, 11) is -2.93. The summed E-state index contributed by atoms with van der Waals surface area (Å²) in [5.74, 6) is -1.85. The summed E-state index contributed by atoms with van der Waals surface area (Å²) in [4.78, 5) is 38.0. The van der Waals surface area contributed by atoms with E-state index >= 15 is 9.59 Å². The number of aliphatic hydroxyl groups excluding tert-OH is 1. The molecule has 3 aliphatic rings. The minimum absolute atomic E-state index is 0.00699. The van der Waals surface area contributed by atoms with Crippen LogP contribution in [0.25, 0.3) is 5.76 Å². The minimum Gasteiger partial charge on any atom is -0.507 e. The molecule has 4 atom stereocenters. The number of ether oxygens (including phenoxy) is 2. The molecule has 1 saturated carbocycles. The van der Waals surface area contributed by atoms with E-state index in [2.05, 4.69) is 49.0 Å². The summed E-state index contributed by atoms with van der Waals surface area (Å²) in [6.45, 7) is 19.5. The molecule has 0 radical (unpaired) electrons. The third-order valence-corrected chi connectivity index (χ3v) is 16.1. The van der Waals surface area contributed by atoms with Gasteiger partial charge in [0.1, 0.15) is 30.3 Å². The summed E-state index contributed by atoms with van der Waals surface area (Å²) >= 11 is 0. The van der Waals surface area contributed by atoms with Crippen molar-refractivity contribution in [2.24, 2.45) is 11.8 Å². The van der Waals surface area contributed by atoms with Gasteiger partial charge in [0.25, 0.3) is 5.88 Å². The fourth-order valence-electron chi connectivity index (χ4n) is 8.07. The Morgan fingerprint density at radius 2 is 1.55 bits per heavy atom. The van der Waals surface area contributed by atoms with E-state index in [1.165, 1.54) is 0 Å². The molecule has 1 unspecified atom stereocenters. The van der Waals surface area contributed by atoms with Gasteiger partial charge in [-0.15, -0.1) is 13.2 Å². The molecule has 0 aliphatic heterocycles. The number of fused-ring (bicyclic) bond motifs is 4. The Kier molecular flexibility index (Phi) is 10.3. The largest absolute Gasteiger partial charge is 0.507 e. The summed E-state index contributed by atoms with van der Waals surface area (Å²) in [6.07, 6.45) is 7.56. The topological polar surface area (TPSA) is 124 Å². The van der Waals surface area contributed by atoms with Gasteiger partial charge in [-0.25, -0.2) is 0 Å². The predicted octanol–water partition coefficient (Wildman–Crippen LogP) is 8.63. The van der Waals surface area contributed by atoms with E-state index in [1.807, 2.05) is 73.8 Å². The van der Waals surface area contributed by atoms with Gasteiger partial charge < -0.3 is 23.5 Å². The number of carbonyl (C=O) groups is 2. The molecule has 11 heteroatoms. The maximum atomic E-state index is 15.8. The molecule has 0 spiro atoms. The van der Waals surface area contributed by atoms with Gasteiger partial charge in [-0.1, -0.05) is 93.6 Å². The first kappa shape index (κ1) is 38.2. The third-order valence-electron chi connectivity index (χ3n) is 11.7. The number of carbonyl (C=O) groups excluding carboxylic acids is 2. The first-order valence-corrected chi connectivity index (χ1v) is 21.7. The number of nitrogens with zero attached hydrogens (tertiary/aromatic N) is 3. The van der Waals surface area contributed by atoms with E-state index in [4.69, 9.17) is 18.4 Å². The van der Waals surface area contributed by atoms with Crippen LogP contribution in [0.2, 0.25) is 18.1 Å². The lowest BCUT2D eigenvalue weighted by atomic mass is 9.57. The second-order valence-electron chi connectivity index (χ2n) is 16.2. The van der Waals surface area contributed by atoms with Gasteiger partial charge in [0.2, 0.25) is 11.6 Å². The maximum Gasteiger partial charge on any atom is 0.265 e. The normalized spacial score (nSPS) is 22.0. The van der Waals surface area contributed by atoms with E-state index in [9.17, 15) is 5.11 Å². The van der Waals surface area contributed by atoms with Crippen molar-refractivity contribution in [3.63, 3.8) is 0 Å². The number of rotatable bonds is 13. The molecule has 2 aromatic heterocycles. The zero-order valence-corrected chi connectivity index (χ0v) is 33.2. The van der Waals surface area contributed by atoms with Gasteiger partial charge in [-0.2, -0.15) is 0 Å². The van der Waals surface area contributed by atoms with Crippen LogP contribution < -0.4 is 9.47 Å². The van der Waals surface area contributed by atoms with Crippen molar-refractivity contribution in [2.45, 2.75) is 76.6 Å². The van der Waals surface area contributed by atoms with Crippen molar-refractivity contribution >= 4 is 25.6 Å². The van der Waals surface area contributed by atoms with Crippen molar-refractivity contribution in [1.82, 2.24) is 15.0 Å². The Balaban J connectivity index is 1.42. The van der Waals surface area contributed by atoms with Gasteiger partial charge in [-0.3, -0.25) is 19.5 Å². The van der Waals surface area contributed by atoms with Gasteiger partial charge in [0, 0.05) is 30.8 Å². The van der Waals surface area contributed by atoms with Crippen LogP contribution in [0.15, 0.2) is 108 Å². The Hall–Kier alpha value is -5.10. The standard InChI is InChI=1S/C44H49N3O7Si/c1-8-20-47(21-9-2)37-32-23-30-22-31-24-45-25-33(51-26-28-16-12-10-13-17-28)34(31)38(48)35(30)40(49)44(32,54-55(6,7)43(3,4)5)41(50)36-39(37)53-46-42(36)52-27-29-18-14-11-15-19-29/h8-19,24-25,30,32,37,48H,1-2,20-23,26-27H2,3-7H3/t30-,32-,37-,44?/m0/s1. The fraction of sp³-hybridized carbons (Fsp3) is 0.364. The zero-order valence-electron chi connectivity index (χ0n) is 32.2. The number of benzene rings is 2. The predicted molar refractivity (Wildman–Crippen MR) is 212 cm³/mol. The highest BCUT2D eigenvalue weighted by Gasteiger charge is 2.69. The van der Waals surface area contributed by atoms with Gasteiger partial charge >= 0.3 is 0 Å². The molecule has 4 aromatic rings. The van der Waals surface area contributed by atoms with Crippen molar-refractivity contribution in [1.29, 1.82) is 0 Å². The number of Topliss-reactive ketones (excluding diaryl/α,β-unsaturated/α-hetero) is 2.